The van der Waals surface area contributed by atoms with Crippen molar-refractivity contribution in [3.05, 3.63) is 0 Å². The molecule has 16 N–H and O–H groups in total. The van der Waals surface area contributed by atoms with E-state index in [1.54, 1.807) is 0 Å². The number of nitrogens with two attached hydrogens (primary N) is 7. The average molecular weight is 568 g/mol. The van der Waals surface area contributed by atoms with Crippen molar-refractivity contribution in [2.24, 2.45) is 46.1 Å². The molecule has 0 aromatic carbocycles. The first kappa shape index (κ1) is 40.8. The SMILES string of the molecule is CC(C)C[C@H](N)C(=O)OC[C@H](N)C(=O)O.NCCCC[C@H](N)C(=O)O.NCCCC[C@H](N)C(=O)OC(=O)CN. The lowest BCUT2D eigenvalue weighted by Gasteiger charge is -2.14. The lowest BCUT2D eigenvalue weighted by atomic mass is 10.1. The Hall–Kier alpha value is -2.73. The number of aliphatic carboxylic acids is 2. The minimum Gasteiger partial charge on any atom is -0.480 e. The van der Waals surface area contributed by atoms with Gasteiger partial charge in [0.2, 0.25) is 0 Å². The summed E-state index contributed by atoms with van der Waals surface area (Å²) in [6.07, 6.45) is 4.67. The fraction of sp³-hybridized carbons (Fsp3) is 0.783. The van der Waals surface area contributed by atoms with Gasteiger partial charge in [-0.3, -0.25) is 19.2 Å². The van der Waals surface area contributed by atoms with Crippen LogP contribution in [0, 0.1) is 5.92 Å². The molecule has 0 unspecified atom stereocenters. The molecular formula is C23H49N7O9. The third kappa shape index (κ3) is 26.7. The van der Waals surface area contributed by atoms with Crippen LogP contribution in [0.3, 0.4) is 0 Å². The number of carbonyl (C=O) groups excluding carboxylic acids is 3. The average Bonchev–Trinajstić information content (AvgIpc) is 2.87. The van der Waals surface area contributed by atoms with Crippen molar-refractivity contribution in [2.75, 3.05) is 26.2 Å². The number of unbranched alkanes of at least 4 members (excludes halogenated alkanes) is 2. The molecule has 0 saturated heterocycles. The zero-order valence-electron chi connectivity index (χ0n) is 23.0. The van der Waals surface area contributed by atoms with E-state index in [0.29, 0.717) is 32.4 Å². The lowest BCUT2D eigenvalue weighted by molar-refractivity contribution is -0.160. The third-order valence-corrected chi connectivity index (χ3v) is 4.69. The summed E-state index contributed by atoms with van der Waals surface area (Å²) in [5.74, 6) is -3.96. The highest BCUT2D eigenvalue weighted by molar-refractivity contribution is 5.89. The highest BCUT2D eigenvalue weighted by atomic mass is 16.6. The van der Waals surface area contributed by atoms with E-state index in [0.717, 1.165) is 25.7 Å². The maximum Gasteiger partial charge on any atom is 0.330 e. The standard InChI is InChI=1S/C9H18N2O4.C8H17N3O3.C6H14N2O2/c1-5(2)3-6(10)9(14)15-4-7(11)8(12)13;9-4-2-1-3-6(11)8(13)14-7(12)5-10;7-4-2-1-3-5(8)6(9)10/h5-7H,3-4,10-11H2,1-2H3,(H,12,13);6H,1-5,9-11H2;5H,1-4,7-8H2,(H,9,10)/t6-,7-;6-;5-/m000/s1. The van der Waals surface area contributed by atoms with E-state index in [-0.39, 0.29) is 19.1 Å². The van der Waals surface area contributed by atoms with E-state index in [4.69, 9.17) is 50.3 Å². The Balaban J connectivity index is -0.000000509. The van der Waals surface area contributed by atoms with Crippen LogP contribution in [-0.2, 0) is 33.4 Å². The van der Waals surface area contributed by atoms with E-state index in [1.165, 1.54) is 0 Å². The summed E-state index contributed by atoms with van der Waals surface area (Å²) in [5, 5.41) is 16.8. The summed E-state index contributed by atoms with van der Waals surface area (Å²) in [5.41, 5.74) is 36.8. The Labute approximate surface area is 229 Å². The highest BCUT2D eigenvalue weighted by Crippen LogP contribution is 2.04. The van der Waals surface area contributed by atoms with E-state index < -0.39 is 54.0 Å². The molecule has 0 amide bonds. The largest absolute Gasteiger partial charge is 0.480 e. The van der Waals surface area contributed by atoms with Gasteiger partial charge in [-0.25, -0.2) is 4.79 Å². The van der Waals surface area contributed by atoms with Crippen molar-refractivity contribution < 1.29 is 43.7 Å². The van der Waals surface area contributed by atoms with E-state index in [9.17, 15) is 24.0 Å². The van der Waals surface area contributed by atoms with Crippen LogP contribution in [0.4, 0.5) is 0 Å². The van der Waals surface area contributed by atoms with Crippen LogP contribution < -0.4 is 40.1 Å². The maximum atomic E-state index is 11.2. The number of rotatable bonds is 17. The first-order valence-electron chi connectivity index (χ1n) is 12.6. The van der Waals surface area contributed by atoms with Crippen LogP contribution in [0.15, 0.2) is 0 Å². The van der Waals surface area contributed by atoms with Gasteiger partial charge in [0, 0.05) is 0 Å². The lowest BCUT2D eigenvalue weighted by Crippen LogP contribution is -2.40. The van der Waals surface area contributed by atoms with Crippen molar-refractivity contribution in [1.82, 2.24) is 0 Å². The second-order valence-corrected chi connectivity index (χ2v) is 8.93. The summed E-state index contributed by atoms with van der Waals surface area (Å²) in [6, 6.07) is -3.39. The molecule has 0 fully saturated rings. The monoisotopic (exact) mass is 567 g/mol. The molecule has 0 aromatic rings. The molecule has 0 heterocycles. The van der Waals surface area contributed by atoms with Crippen LogP contribution in [0.5, 0.6) is 0 Å². The fourth-order valence-corrected chi connectivity index (χ4v) is 2.44. The van der Waals surface area contributed by atoms with Crippen LogP contribution >= 0.6 is 0 Å². The molecule has 0 aliphatic rings. The first-order valence-corrected chi connectivity index (χ1v) is 12.6. The zero-order chi connectivity index (χ0) is 31.0. The number of carboxylic acid groups (broad SMARTS) is 2. The smallest absolute Gasteiger partial charge is 0.330 e. The molecule has 0 spiro atoms. The summed E-state index contributed by atoms with van der Waals surface area (Å²) in [4.78, 5) is 53.3. The molecule has 0 radical (unpaired) electrons. The summed E-state index contributed by atoms with van der Waals surface area (Å²) >= 11 is 0. The van der Waals surface area contributed by atoms with Crippen LogP contribution in [-0.4, -0.2) is 90.5 Å². The molecule has 0 bridgehead atoms. The number of hydrogen-bond acceptors (Lipinski definition) is 14. The second-order valence-electron chi connectivity index (χ2n) is 8.93. The number of carbonyl (C=O) groups is 5. The molecule has 0 rings (SSSR count). The second kappa shape index (κ2) is 25.5. The van der Waals surface area contributed by atoms with Gasteiger partial charge in [-0.15, -0.1) is 0 Å². The molecule has 39 heavy (non-hydrogen) atoms. The molecule has 16 heteroatoms. The quantitative estimate of drug-likeness (QED) is 0.0490. The van der Waals surface area contributed by atoms with Crippen molar-refractivity contribution in [2.45, 2.75) is 83.0 Å². The molecule has 0 aliphatic carbocycles. The zero-order valence-corrected chi connectivity index (χ0v) is 23.0. The van der Waals surface area contributed by atoms with Gasteiger partial charge < -0.3 is 59.8 Å². The fourth-order valence-electron chi connectivity index (χ4n) is 2.44. The van der Waals surface area contributed by atoms with Gasteiger partial charge >= 0.3 is 29.8 Å². The van der Waals surface area contributed by atoms with Gasteiger partial charge in [0.1, 0.15) is 30.8 Å². The Morgan fingerprint density at radius 1 is 0.667 bits per heavy atom. The number of ether oxygens (including phenoxy) is 2. The summed E-state index contributed by atoms with van der Waals surface area (Å²) in [7, 11) is 0. The number of esters is 3. The first-order chi connectivity index (χ1) is 18.1. The van der Waals surface area contributed by atoms with Gasteiger partial charge in [0.05, 0.1) is 6.54 Å². The Bertz CT molecular complexity index is 711. The van der Waals surface area contributed by atoms with Crippen LogP contribution in [0.25, 0.3) is 0 Å². The van der Waals surface area contributed by atoms with Crippen LogP contribution in [0.2, 0.25) is 0 Å². The highest BCUT2D eigenvalue weighted by Gasteiger charge is 2.20. The van der Waals surface area contributed by atoms with Gasteiger partial charge in [-0.05, 0) is 51.1 Å². The van der Waals surface area contributed by atoms with Gasteiger partial charge in [-0.1, -0.05) is 26.7 Å². The molecule has 4 atom stereocenters. The van der Waals surface area contributed by atoms with Crippen molar-refractivity contribution in [3.8, 4) is 0 Å². The molecular weight excluding hydrogens is 518 g/mol. The summed E-state index contributed by atoms with van der Waals surface area (Å²) < 4.78 is 8.99. The molecule has 0 aromatic heterocycles. The normalized spacial score (nSPS) is 13.4. The van der Waals surface area contributed by atoms with Gasteiger partial charge in [-0.2, -0.15) is 0 Å². The predicted molar refractivity (Wildman–Crippen MR) is 144 cm³/mol. The van der Waals surface area contributed by atoms with Gasteiger partial charge in [0.15, 0.2) is 0 Å². The van der Waals surface area contributed by atoms with E-state index in [1.807, 2.05) is 13.8 Å². The molecule has 0 aliphatic heterocycles. The molecule has 16 nitrogen and oxygen atoms in total. The minimum atomic E-state index is -1.21. The molecule has 230 valence electrons. The number of hydrogen-bond donors (Lipinski definition) is 9. The Kier molecular flexibility index (Phi) is 26.7. The minimum absolute atomic E-state index is 0.278. The van der Waals surface area contributed by atoms with Gasteiger partial charge in [0.25, 0.3) is 0 Å². The van der Waals surface area contributed by atoms with E-state index >= 15 is 0 Å². The van der Waals surface area contributed by atoms with Crippen molar-refractivity contribution in [1.29, 1.82) is 0 Å². The van der Waals surface area contributed by atoms with Crippen molar-refractivity contribution >= 4 is 29.8 Å². The predicted octanol–water partition coefficient (Wildman–Crippen LogP) is -2.69. The topological polar surface area (TPSA) is 326 Å². The maximum absolute atomic E-state index is 11.2. The summed E-state index contributed by atoms with van der Waals surface area (Å²) in [6.45, 7) is 4.35. The molecule has 0 saturated carbocycles. The third-order valence-electron chi connectivity index (χ3n) is 4.69. The van der Waals surface area contributed by atoms with Crippen LogP contribution in [0.1, 0.15) is 58.8 Å². The van der Waals surface area contributed by atoms with E-state index in [2.05, 4.69) is 9.47 Å². The Morgan fingerprint density at radius 3 is 1.51 bits per heavy atom. The Morgan fingerprint density at radius 2 is 1.13 bits per heavy atom. The van der Waals surface area contributed by atoms with Crippen molar-refractivity contribution in [3.63, 3.8) is 0 Å². The number of carboxylic acids is 2.